The molecule has 1 aromatic carbocycles. The fourth-order valence-corrected chi connectivity index (χ4v) is 4.30. The van der Waals surface area contributed by atoms with Crippen molar-refractivity contribution in [3.05, 3.63) is 42.2 Å². The molecule has 0 bridgehead atoms. The Hall–Kier alpha value is -2.83. The van der Waals surface area contributed by atoms with E-state index in [4.69, 9.17) is 4.74 Å². The molecule has 0 N–H and O–H groups in total. The third kappa shape index (κ3) is 3.48. The van der Waals surface area contributed by atoms with E-state index in [1.807, 2.05) is 49.3 Å². The number of fused-ring (bicyclic) bond motifs is 1. The maximum Gasteiger partial charge on any atom is 0.254 e. The predicted molar refractivity (Wildman–Crippen MR) is 109 cm³/mol. The lowest BCUT2D eigenvalue weighted by Crippen LogP contribution is -2.50. The fourth-order valence-electron chi connectivity index (χ4n) is 4.30. The SMILES string of the molecule is COc1cc(N2CCC3CCN(C(=O)c4cccc(N(C)C)c4)C3C2)ncn1. The molecule has 2 fully saturated rings. The molecule has 2 unspecified atom stereocenters. The van der Waals surface area contributed by atoms with Crippen LogP contribution >= 0.6 is 0 Å². The molecular formula is C21H27N5O2. The smallest absolute Gasteiger partial charge is 0.254 e. The summed E-state index contributed by atoms with van der Waals surface area (Å²) in [6, 6.07) is 9.95. The van der Waals surface area contributed by atoms with Gasteiger partial charge in [0, 0.05) is 51.0 Å². The maximum atomic E-state index is 13.3. The summed E-state index contributed by atoms with van der Waals surface area (Å²) in [4.78, 5) is 28.1. The molecule has 0 aliphatic carbocycles. The summed E-state index contributed by atoms with van der Waals surface area (Å²) in [6.07, 6.45) is 3.67. The van der Waals surface area contributed by atoms with Crippen LogP contribution in [-0.2, 0) is 0 Å². The number of ether oxygens (including phenoxy) is 1. The highest BCUT2D eigenvalue weighted by Crippen LogP contribution is 2.34. The zero-order valence-electron chi connectivity index (χ0n) is 16.7. The molecular weight excluding hydrogens is 354 g/mol. The molecule has 0 spiro atoms. The van der Waals surface area contributed by atoms with Gasteiger partial charge in [-0.25, -0.2) is 9.97 Å². The number of carbonyl (C=O) groups is 1. The van der Waals surface area contributed by atoms with Gasteiger partial charge in [0.2, 0.25) is 5.88 Å². The lowest BCUT2D eigenvalue weighted by atomic mass is 9.92. The molecule has 3 heterocycles. The largest absolute Gasteiger partial charge is 0.481 e. The van der Waals surface area contributed by atoms with Crippen molar-refractivity contribution in [1.29, 1.82) is 0 Å². The number of hydrogen-bond donors (Lipinski definition) is 0. The zero-order chi connectivity index (χ0) is 19.7. The topological polar surface area (TPSA) is 61.8 Å². The number of anilines is 2. The van der Waals surface area contributed by atoms with Gasteiger partial charge in [0.05, 0.1) is 13.2 Å². The van der Waals surface area contributed by atoms with Crippen LogP contribution in [0, 0.1) is 5.92 Å². The number of likely N-dealkylation sites (tertiary alicyclic amines) is 1. The number of aromatic nitrogens is 2. The molecule has 2 saturated heterocycles. The molecule has 0 radical (unpaired) electrons. The number of methoxy groups -OCH3 is 1. The Bertz CT molecular complexity index is 856. The van der Waals surface area contributed by atoms with Gasteiger partial charge in [0.1, 0.15) is 12.1 Å². The average Bonchev–Trinajstić information content (AvgIpc) is 3.16. The monoisotopic (exact) mass is 381 g/mol. The van der Waals surface area contributed by atoms with Crippen molar-refractivity contribution < 1.29 is 9.53 Å². The molecule has 2 aliphatic heterocycles. The molecule has 2 aliphatic rings. The summed E-state index contributed by atoms with van der Waals surface area (Å²) < 4.78 is 5.23. The van der Waals surface area contributed by atoms with E-state index in [2.05, 4.69) is 19.8 Å². The molecule has 7 nitrogen and oxygen atoms in total. The second kappa shape index (κ2) is 7.66. The normalized spacial score (nSPS) is 21.4. The third-order valence-corrected chi connectivity index (χ3v) is 5.89. The van der Waals surface area contributed by atoms with Crippen molar-refractivity contribution in [3.8, 4) is 5.88 Å². The summed E-state index contributed by atoms with van der Waals surface area (Å²) in [5.41, 5.74) is 1.80. The number of piperidine rings is 1. The zero-order valence-corrected chi connectivity index (χ0v) is 16.7. The van der Waals surface area contributed by atoms with Crippen LogP contribution in [0.25, 0.3) is 0 Å². The van der Waals surface area contributed by atoms with Gasteiger partial charge >= 0.3 is 0 Å². The van der Waals surface area contributed by atoms with Gasteiger partial charge in [-0.1, -0.05) is 6.07 Å². The van der Waals surface area contributed by atoms with E-state index in [1.54, 1.807) is 7.11 Å². The lowest BCUT2D eigenvalue weighted by molar-refractivity contribution is 0.0712. The Morgan fingerprint density at radius 2 is 2.00 bits per heavy atom. The highest BCUT2D eigenvalue weighted by atomic mass is 16.5. The number of hydrogen-bond acceptors (Lipinski definition) is 6. The molecule has 28 heavy (non-hydrogen) atoms. The Balaban J connectivity index is 1.53. The standard InChI is InChI=1S/C21H27N5O2/c1-24(2)17-6-4-5-16(11-17)21(27)26-10-8-15-7-9-25(13-18(15)26)19-12-20(28-3)23-14-22-19/h4-6,11-12,14-15,18H,7-10,13H2,1-3H3. The van der Waals surface area contributed by atoms with Gasteiger partial charge in [-0.2, -0.15) is 0 Å². The lowest BCUT2D eigenvalue weighted by Gasteiger charge is -2.39. The van der Waals surface area contributed by atoms with E-state index in [0.717, 1.165) is 49.5 Å². The Kier molecular flexibility index (Phi) is 5.07. The molecule has 1 aromatic heterocycles. The van der Waals surface area contributed by atoms with Crippen LogP contribution in [0.15, 0.2) is 36.7 Å². The van der Waals surface area contributed by atoms with Gasteiger partial charge < -0.3 is 19.4 Å². The molecule has 148 valence electrons. The number of carbonyl (C=O) groups excluding carboxylic acids is 1. The van der Waals surface area contributed by atoms with Gasteiger partial charge in [-0.15, -0.1) is 0 Å². The number of benzene rings is 1. The minimum atomic E-state index is 0.123. The molecule has 2 atom stereocenters. The Morgan fingerprint density at radius 3 is 2.79 bits per heavy atom. The van der Waals surface area contributed by atoms with Crippen molar-refractivity contribution in [2.24, 2.45) is 5.92 Å². The Morgan fingerprint density at radius 1 is 1.18 bits per heavy atom. The second-order valence-corrected chi connectivity index (χ2v) is 7.71. The van der Waals surface area contributed by atoms with Gasteiger partial charge in [-0.05, 0) is 37.0 Å². The van der Waals surface area contributed by atoms with E-state index in [-0.39, 0.29) is 11.9 Å². The van der Waals surface area contributed by atoms with Crippen LogP contribution in [0.4, 0.5) is 11.5 Å². The summed E-state index contributed by atoms with van der Waals surface area (Å²) in [5.74, 6) is 2.10. The highest BCUT2D eigenvalue weighted by molar-refractivity contribution is 5.95. The molecule has 7 heteroatoms. The van der Waals surface area contributed by atoms with Crippen LogP contribution in [0.2, 0.25) is 0 Å². The van der Waals surface area contributed by atoms with Crippen molar-refractivity contribution in [3.63, 3.8) is 0 Å². The highest BCUT2D eigenvalue weighted by Gasteiger charge is 2.41. The predicted octanol–water partition coefficient (Wildman–Crippen LogP) is 2.29. The van der Waals surface area contributed by atoms with Crippen LogP contribution in [-0.4, -0.2) is 67.7 Å². The van der Waals surface area contributed by atoms with Gasteiger partial charge in [0.15, 0.2) is 0 Å². The number of amides is 1. The van der Waals surface area contributed by atoms with Gasteiger partial charge in [0.25, 0.3) is 5.91 Å². The minimum Gasteiger partial charge on any atom is -0.481 e. The summed E-state index contributed by atoms with van der Waals surface area (Å²) in [6.45, 7) is 2.56. The summed E-state index contributed by atoms with van der Waals surface area (Å²) in [5, 5.41) is 0. The van der Waals surface area contributed by atoms with Crippen molar-refractivity contribution in [1.82, 2.24) is 14.9 Å². The molecule has 0 saturated carbocycles. The molecule has 2 aromatic rings. The molecule has 1 amide bonds. The summed E-state index contributed by atoms with van der Waals surface area (Å²) in [7, 11) is 5.59. The Labute approximate surface area is 165 Å². The third-order valence-electron chi connectivity index (χ3n) is 5.89. The minimum absolute atomic E-state index is 0.123. The quantitative estimate of drug-likeness (QED) is 0.810. The average molecular weight is 381 g/mol. The van der Waals surface area contributed by atoms with E-state index in [0.29, 0.717) is 11.8 Å². The van der Waals surface area contributed by atoms with E-state index in [9.17, 15) is 4.79 Å². The van der Waals surface area contributed by atoms with Crippen molar-refractivity contribution >= 4 is 17.4 Å². The number of nitrogens with zero attached hydrogens (tertiary/aromatic N) is 5. The van der Waals surface area contributed by atoms with E-state index >= 15 is 0 Å². The first-order chi connectivity index (χ1) is 13.6. The summed E-state index contributed by atoms with van der Waals surface area (Å²) >= 11 is 0. The first-order valence-corrected chi connectivity index (χ1v) is 9.76. The van der Waals surface area contributed by atoms with E-state index < -0.39 is 0 Å². The van der Waals surface area contributed by atoms with Crippen LogP contribution < -0.4 is 14.5 Å². The van der Waals surface area contributed by atoms with Gasteiger partial charge in [-0.3, -0.25) is 4.79 Å². The fraction of sp³-hybridized carbons (Fsp3) is 0.476. The first kappa shape index (κ1) is 18.5. The van der Waals surface area contributed by atoms with Crippen LogP contribution in [0.3, 0.4) is 0 Å². The first-order valence-electron chi connectivity index (χ1n) is 9.76. The van der Waals surface area contributed by atoms with Crippen LogP contribution in [0.1, 0.15) is 23.2 Å². The van der Waals surface area contributed by atoms with Crippen molar-refractivity contribution in [2.75, 3.05) is 50.6 Å². The maximum absolute atomic E-state index is 13.3. The molecule has 4 rings (SSSR count). The second-order valence-electron chi connectivity index (χ2n) is 7.71. The number of rotatable bonds is 4. The van der Waals surface area contributed by atoms with E-state index in [1.165, 1.54) is 6.33 Å². The van der Waals surface area contributed by atoms with Crippen molar-refractivity contribution in [2.45, 2.75) is 18.9 Å². The van der Waals surface area contributed by atoms with Crippen LogP contribution in [0.5, 0.6) is 5.88 Å².